The van der Waals surface area contributed by atoms with Crippen LogP contribution in [0.5, 0.6) is 0 Å². The van der Waals surface area contributed by atoms with Crippen molar-refractivity contribution in [1.29, 1.82) is 0 Å². The average molecular weight is 318 g/mol. The van der Waals surface area contributed by atoms with Crippen LogP contribution in [0.1, 0.15) is 58.3 Å². The van der Waals surface area contributed by atoms with E-state index in [0.29, 0.717) is 6.42 Å². The Bertz CT molecular complexity index is 387. The summed E-state index contributed by atoms with van der Waals surface area (Å²) in [7, 11) is 0. The number of halogens is 1. The Hall–Kier alpha value is -0.810. The van der Waals surface area contributed by atoms with Crippen LogP contribution in [0.4, 0.5) is 0 Å². The summed E-state index contributed by atoms with van der Waals surface area (Å²) in [5.74, 6) is -0.384. The number of hydrogen-bond acceptors (Lipinski definition) is 3. The number of nitrogens with one attached hydrogen (secondary N) is 1. The van der Waals surface area contributed by atoms with Crippen LogP contribution in [0.15, 0.2) is 0 Å². The number of rotatable bonds is 3. The highest BCUT2D eigenvalue weighted by Gasteiger charge is 2.39. The summed E-state index contributed by atoms with van der Waals surface area (Å²) in [6.07, 6.45) is 7.34. The molecule has 2 fully saturated rings. The van der Waals surface area contributed by atoms with E-state index in [4.69, 9.17) is 11.5 Å². The smallest absolute Gasteiger partial charge is 0.225 e. The summed E-state index contributed by atoms with van der Waals surface area (Å²) in [5.41, 5.74) is 11.2. The van der Waals surface area contributed by atoms with Crippen molar-refractivity contribution in [3.05, 3.63) is 0 Å². The van der Waals surface area contributed by atoms with Gasteiger partial charge < -0.3 is 16.8 Å². The largest absolute Gasteiger partial charge is 0.369 e. The first-order valence-corrected chi connectivity index (χ1v) is 7.79. The van der Waals surface area contributed by atoms with Gasteiger partial charge in [-0.3, -0.25) is 9.59 Å². The minimum absolute atomic E-state index is 0. The van der Waals surface area contributed by atoms with Gasteiger partial charge in [-0.05, 0) is 39.0 Å². The first kappa shape index (κ1) is 18.2. The summed E-state index contributed by atoms with van der Waals surface area (Å²) in [5, 5.41) is 3.10. The maximum absolute atomic E-state index is 12.5. The summed E-state index contributed by atoms with van der Waals surface area (Å²) in [6, 6.07) is 0.0754. The van der Waals surface area contributed by atoms with Gasteiger partial charge >= 0.3 is 0 Å². The van der Waals surface area contributed by atoms with E-state index in [-0.39, 0.29) is 42.1 Å². The van der Waals surface area contributed by atoms with Gasteiger partial charge in [0.05, 0.1) is 5.92 Å². The number of carbonyl (C=O) groups is 2. The third kappa shape index (κ3) is 4.58. The maximum atomic E-state index is 12.5. The fourth-order valence-electron chi connectivity index (χ4n) is 3.67. The second-order valence-electron chi connectivity index (χ2n) is 6.78. The molecule has 2 rings (SSSR count). The Morgan fingerprint density at radius 1 is 1.14 bits per heavy atom. The van der Waals surface area contributed by atoms with E-state index < -0.39 is 5.54 Å². The zero-order valence-corrected chi connectivity index (χ0v) is 13.6. The van der Waals surface area contributed by atoms with E-state index in [9.17, 15) is 9.59 Å². The molecule has 2 saturated carbocycles. The highest BCUT2D eigenvalue weighted by molar-refractivity contribution is 5.85. The second kappa shape index (κ2) is 7.45. The molecular formula is C15H28ClN3O2. The lowest BCUT2D eigenvalue weighted by atomic mass is 9.74. The molecule has 122 valence electrons. The molecular weight excluding hydrogens is 290 g/mol. The first-order valence-electron chi connectivity index (χ1n) is 7.79. The van der Waals surface area contributed by atoms with Crippen molar-refractivity contribution in [3.63, 3.8) is 0 Å². The van der Waals surface area contributed by atoms with Crippen LogP contribution in [0.2, 0.25) is 0 Å². The molecule has 2 aliphatic carbocycles. The fraction of sp³-hybridized carbons (Fsp3) is 0.867. The summed E-state index contributed by atoms with van der Waals surface area (Å²) >= 11 is 0. The Kier molecular flexibility index (Phi) is 6.47. The van der Waals surface area contributed by atoms with Crippen molar-refractivity contribution in [1.82, 2.24) is 5.32 Å². The molecule has 6 heteroatoms. The van der Waals surface area contributed by atoms with E-state index >= 15 is 0 Å². The zero-order valence-electron chi connectivity index (χ0n) is 12.8. The topological polar surface area (TPSA) is 98.2 Å². The number of amides is 2. The van der Waals surface area contributed by atoms with Crippen molar-refractivity contribution in [2.45, 2.75) is 69.9 Å². The van der Waals surface area contributed by atoms with Gasteiger partial charge in [-0.15, -0.1) is 12.4 Å². The number of nitrogens with two attached hydrogens (primary N) is 2. The van der Waals surface area contributed by atoms with E-state index in [1.54, 1.807) is 0 Å². The molecule has 0 aromatic rings. The molecule has 0 aromatic heterocycles. The molecule has 0 heterocycles. The van der Waals surface area contributed by atoms with E-state index in [1.165, 1.54) is 0 Å². The monoisotopic (exact) mass is 317 g/mol. The second-order valence-corrected chi connectivity index (χ2v) is 6.78. The van der Waals surface area contributed by atoms with Crippen molar-refractivity contribution < 1.29 is 9.59 Å². The molecule has 5 N–H and O–H groups in total. The van der Waals surface area contributed by atoms with Gasteiger partial charge in [-0.25, -0.2) is 0 Å². The normalized spacial score (nSPS) is 36.4. The van der Waals surface area contributed by atoms with E-state index in [1.807, 2.05) is 6.92 Å². The van der Waals surface area contributed by atoms with Gasteiger partial charge in [-0.1, -0.05) is 19.3 Å². The maximum Gasteiger partial charge on any atom is 0.225 e. The van der Waals surface area contributed by atoms with Crippen molar-refractivity contribution in [2.24, 2.45) is 23.3 Å². The van der Waals surface area contributed by atoms with Crippen molar-refractivity contribution >= 4 is 24.2 Å². The summed E-state index contributed by atoms with van der Waals surface area (Å²) in [4.78, 5) is 23.7. The molecule has 4 unspecified atom stereocenters. The molecule has 0 aliphatic heterocycles. The lowest BCUT2D eigenvalue weighted by Gasteiger charge is -2.38. The molecule has 0 bridgehead atoms. The molecule has 0 spiro atoms. The van der Waals surface area contributed by atoms with Gasteiger partial charge in [0.15, 0.2) is 0 Å². The SMILES string of the molecule is CC1(N)CCCCC1C(=O)NC1CCCC(C(N)=O)C1.Cl. The van der Waals surface area contributed by atoms with Crippen LogP contribution in [0.3, 0.4) is 0 Å². The quantitative estimate of drug-likeness (QED) is 0.735. The first-order chi connectivity index (χ1) is 9.40. The van der Waals surface area contributed by atoms with Crippen LogP contribution in [0, 0.1) is 11.8 Å². The summed E-state index contributed by atoms with van der Waals surface area (Å²) < 4.78 is 0. The van der Waals surface area contributed by atoms with Crippen LogP contribution >= 0.6 is 12.4 Å². The number of carbonyl (C=O) groups excluding carboxylic acids is 2. The predicted molar refractivity (Wildman–Crippen MR) is 84.9 cm³/mol. The van der Waals surface area contributed by atoms with Crippen LogP contribution in [-0.4, -0.2) is 23.4 Å². The molecule has 4 atom stereocenters. The van der Waals surface area contributed by atoms with Crippen LogP contribution in [-0.2, 0) is 9.59 Å². The zero-order chi connectivity index (χ0) is 14.8. The van der Waals surface area contributed by atoms with Gasteiger partial charge in [0.25, 0.3) is 0 Å². The third-order valence-corrected chi connectivity index (χ3v) is 4.99. The van der Waals surface area contributed by atoms with Gasteiger partial charge in [0.2, 0.25) is 11.8 Å². The van der Waals surface area contributed by atoms with Crippen LogP contribution < -0.4 is 16.8 Å². The van der Waals surface area contributed by atoms with Gasteiger partial charge in [0, 0.05) is 17.5 Å². The Morgan fingerprint density at radius 2 is 1.86 bits per heavy atom. The number of primary amides is 1. The minimum Gasteiger partial charge on any atom is -0.369 e. The van der Waals surface area contributed by atoms with Crippen molar-refractivity contribution in [2.75, 3.05) is 0 Å². The average Bonchev–Trinajstić information content (AvgIpc) is 2.38. The molecule has 2 aliphatic rings. The third-order valence-electron chi connectivity index (χ3n) is 4.99. The molecule has 0 saturated heterocycles. The molecule has 0 radical (unpaired) electrons. The Labute approximate surface area is 133 Å². The number of hydrogen-bond donors (Lipinski definition) is 3. The molecule has 0 aromatic carbocycles. The van der Waals surface area contributed by atoms with Crippen LogP contribution in [0.25, 0.3) is 0 Å². The Morgan fingerprint density at radius 3 is 2.48 bits per heavy atom. The highest BCUT2D eigenvalue weighted by Crippen LogP contribution is 2.32. The van der Waals surface area contributed by atoms with E-state index in [0.717, 1.165) is 44.9 Å². The lowest BCUT2D eigenvalue weighted by Crippen LogP contribution is -2.54. The standard InChI is InChI=1S/C15H27N3O2.ClH/c1-15(17)8-3-2-7-12(15)14(20)18-11-6-4-5-10(9-11)13(16)19;/h10-12H,2-9,17H2,1H3,(H2,16,19)(H,18,20);1H. The minimum atomic E-state index is -0.403. The fourth-order valence-corrected chi connectivity index (χ4v) is 3.67. The lowest BCUT2D eigenvalue weighted by molar-refractivity contribution is -0.130. The van der Waals surface area contributed by atoms with Gasteiger partial charge in [-0.2, -0.15) is 0 Å². The van der Waals surface area contributed by atoms with Crippen molar-refractivity contribution in [3.8, 4) is 0 Å². The molecule has 5 nitrogen and oxygen atoms in total. The van der Waals surface area contributed by atoms with Gasteiger partial charge in [0.1, 0.15) is 0 Å². The molecule has 2 amide bonds. The predicted octanol–water partition coefficient (Wildman–Crippen LogP) is 1.48. The Balaban J connectivity index is 0.00000220. The summed E-state index contributed by atoms with van der Waals surface area (Å²) in [6.45, 7) is 1.98. The highest BCUT2D eigenvalue weighted by atomic mass is 35.5. The van der Waals surface area contributed by atoms with E-state index in [2.05, 4.69) is 5.32 Å². The molecule has 21 heavy (non-hydrogen) atoms.